The van der Waals surface area contributed by atoms with Gasteiger partial charge in [0.05, 0.1) is 24.2 Å². The number of thiophene rings is 1. The van der Waals surface area contributed by atoms with Crippen molar-refractivity contribution < 1.29 is 29.6 Å². The molecule has 52 heavy (non-hydrogen) atoms. The zero-order valence-electron chi connectivity index (χ0n) is 29.4. The van der Waals surface area contributed by atoms with E-state index in [0.717, 1.165) is 69.0 Å². The molecular weight excluding hydrogens is 675 g/mol. The van der Waals surface area contributed by atoms with Crippen LogP contribution in [0.2, 0.25) is 0 Å². The van der Waals surface area contributed by atoms with Crippen molar-refractivity contribution in [2.45, 2.75) is 88.6 Å². The summed E-state index contributed by atoms with van der Waals surface area (Å²) in [6.45, 7) is 0.310. The number of amides is 1. The predicted octanol–water partition coefficient (Wildman–Crippen LogP) is 7.39. The van der Waals surface area contributed by atoms with Gasteiger partial charge in [0.2, 0.25) is 5.91 Å². The van der Waals surface area contributed by atoms with Crippen molar-refractivity contribution >= 4 is 49.8 Å². The van der Waals surface area contributed by atoms with Gasteiger partial charge in [-0.15, -0.1) is 11.3 Å². The van der Waals surface area contributed by atoms with Crippen LogP contribution in [0.4, 0.5) is 5.69 Å². The normalized spacial score (nSPS) is 19.8. The zero-order valence-corrected chi connectivity index (χ0v) is 30.2. The van der Waals surface area contributed by atoms with Gasteiger partial charge in [-0.2, -0.15) is 0 Å². The first-order valence-corrected chi connectivity index (χ1v) is 19.2. The van der Waals surface area contributed by atoms with Gasteiger partial charge in [-0.1, -0.05) is 67.8 Å². The second kappa shape index (κ2) is 18.0. The van der Waals surface area contributed by atoms with Crippen molar-refractivity contribution in [2.75, 3.05) is 11.9 Å². The van der Waals surface area contributed by atoms with E-state index in [4.69, 9.17) is 10.5 Å². The van der Waals surface area contributed by atoms with Crippen LogP contribution < -0.4 is 11.1 Å². The summed E-state index contributed by atoms with van der Waals surface area (Å²) in [5, 5.41) is 38.3. The van der Waals surface area contributed by atoms with E-state index in [1.165, 1.54) is 0 Å². The fraction of sp³-hybridized carbons (Fsp3) is 0.405. The molecule has 274 valence electrons. The van der Waals surface area contributed by atoms with Crippen molar-refractivity contribution in [3.05, 3.63) is 107 Å². The molecule has 1 saturated carbocycles. The van der Waals surface area contributed by atoms with E-state index in [9.17, 15) is 24.9 Å². The minimum Gasteiger partial charge on any atom is -0.461 e. The molecule has 1 aliphatic rings. The number of aliphatic hydroxyl groups excluding tert-OH is 3. The molecule has 3 aromatic carbocycles. The summed E-state index contributed by atoms with van der Waals surface area (Å²) in [5.41, 5.74) is 8.31. The Morgan fingerprint density at radius 1 is 0.885 bits per heavy atom. The molecule has 1 unspecified atom stereocenters. The lowest BCUT2D eigenvalue weighted by molar-refractivity contribution is -0.145. The molecule has 5 aromatic rings. The number of carbonyl (C=O) groups is 2. The summed E-state index contributed by atoms with van der Waals surface area (Å²) < 4.78 is 6.67. The molecule has 2 aromatic heterocycles. The SMILES string of the molecule is NCC(C(=O)Nc1ccc2cnccc2c1)c1ccc(COC(=O)CCCCCC[C@@H]2[C@@H](CC[C@@H](O)c3cc4ccccc4s3)[C@H](O)C[C@H]2O)cc1. The molecule has 1 amide bonds. The molecular formula is C42H49N3O6S. The van der Waals surface area contributed by atoms with Crippen LogP contribution in [0.5, 0.6) is 0 Å². The number of aliphatic hydroxyl groups is 3. The summed E-state index contributed by atoms with van der Waals surface area (Å²) in [5.74, 6) is -0.984. The number of nitrogens with zero attached hydrogens (tertiary/aromatic N) is 1. The monoisotopic (exact) mass is 723 g/mol. The highest BCUT2D eigenvalue weighted by atomic mass is 32.1. The minimum absolute atomic E-state index is 0.0121. The highest BCUT2D eigenvalue weighted by Gasteiger charge is 2.41. The number of pyridine rings is 1. The van der Waals surface area contributed by atoms with E-state index in [1.54, 1.807) is 23.7 Å². The number of esters is 1. The van der Waals surface area contributed by atoms with Gasteiger partial charge >= 0.3 is 5.97 Å². The molecule has 6 rings (SSSR count). The Balaban J connectivity index is 0.872. The van der Waals surface area contributed by atoms with Gasteiger partial charge in [0.1, 0.15) is 6.61 Å². The van der Waals surface area contributed by atoms with E-state index >= 15 is 0 Å². The van der Waals surface area contributed by atoms with E-state index < -0.39 is 24.2 Å². The predicted molar refractivity (Wildman–Crippen MR) is 206 cm³/mol. The first-order chi connectivity index (χ1) is 25.3. The number of nitrogens with one attached hydrogen (secondary N) is 1. The first-order valence-electron chi connectivity index (χ1n) is 18.4. The molecule has 10 heteroatoms. The van der Waals surface area contributed by atoms with Gasteiger partial charge in [-0.3, -0.25) is 14.6 Å². The first kappa shape index (κ1) is 37.6. The summed E-state index contributed by atoms with van der Waals surface area (Å²) in [6, 6.07) is 25.1. The Morgan fingerprint density at radius 2 is 1.65 bits per heavy atom. The fourth-order valence-electron chi connectivity index (χ4n) is 7.51. The third kappa shape index (κ3) is 9.61. The number of aromatic nitrogens is 1. The average molecular weight is 724 g/mol. The zero-order chi connectivity index (χ0) is 36.5. The standard InChI is InChI=1S/C42H49N3O6S/c43-24-35(42(50)45-32-16-15-31-25-44-20-19-29(31)21-32)28-13-11-27(12-14-28)26-51-41(49)10-4-2-1-3-8-33-34(38(48)23-37(33)47)17-18-36(46)40-22-30-7-5-6-9-39(30)52-40/h5-7,9,11-16,19-22,25,33-38,46-48H,1-4,8,10,17-18,23-24,26,43H2,(H,45,50)/t33-,34-,35?,36-,37-,38-/m1/s1. The molecule has 0 saturated heterocycles. The fourth-order valence-corrected chi connectivity index (χ4v) is 8.60. The van der Waals surface area contributed by atoms with Crippen LogP contribution in [0.1, 0.15) is 85.8 Å². The summed E-state index contributed by atoms with van der Waals surface area (Å²) in [4.78, 5) is 30.6. The van der Waals surface area contributed by atoms with Crippen LogP contribution in [0, 0.1) is 11.8 Å². The molecule has 9 nitrogen and oxygen atoms in total. The van der Waals surface area contributed by atoms with Gasteiger partial charge in [-0.25, -0.2) is 0 Å². The summed E-state index contributed by atoms with van der Waals surface area (Å²) in [7, 11) is 0. The number of hydrogen-bond donors (Lipinski definition) is 5. The van der Waals surface area contributed by atoms with Crippen molar-refractivity contribution in [3.63, 3.8) is 0 Å². The molecule has 6 atom stereocenters. The molecule has 1 aliphatic carbocycles. The summed E-state index contributed by atoms with van der Waals surface area (Å²) in [6.07, 6.45) is 8.03. The molecule has 0 aliphatic heterocycles. The number of unbranched alkanes of at least 4 members (excludes halogenated alkanes) is 3. The second-order valence-electron chi connectivity index (χ2n) is 14.0. The third-order valence-electron chi connectivity index (χ3n) is 10.5. The van der Waals surface area contributed by atoms with Crippen LogP contribution in [0.25, 0.3) is 20.9 Å². The van der Waals surface area contributed by atoms with Crippen LogP contribution in [-0.4, -0.2) is 50.9 Å². The number of carbonyl (C=O) groups excluding carboxylic acids is 2. The van der Waals surface area contributed by atoms with E-state index in [1.807, 2.05) is 66.7 Å². The molecule has 2 heterocycles. The Labute approximate surface area is 308 Å². The largest absolute Gasteiger partial charge is 0.461 e. The topological polar surface area (TPSA) is 155 Å². The van der Waals surface area contributed by atoms with Gasteiger partial charge in [0, 0.05) is 46.0 Å². The quantitative estimate of drug-likeness (QED) is 0.0492. The lowest BCUT2D eigenvalue weighted by Crippen LogP contribution is -2.27. The van der Waals surface area contributed by atoms with Gasteiger partial charge < -0.3 is 31.1 Å². The van der Waals surface area contributed by atoms with Crippen molar-refractivity contribution in [3.8, 4) is 0 Å². The Hall–Kier alpha value is -4.19. The van der Waals surface area contributed by atoms with Crippen molar-refractivity contribution in [2.24, 2.45) is 17.6 Å². The third-order valence-corrected chi connectivity index (χ3v) is 11.7. The smallest absolute Gasteiger partial charge is 0.306 e. The molecule has 6 N–H and O–H groups in total. The average Bonchev–Trinajstić information content (AvgIpc) is 3.71. The Kier molecular flexibility index (Phi) is 13.0. The van der Waals surface area contributed by atoms with Gasteiger partial charge in [-0.05, 0) is 96.2 Å². The van der Waals surface area contributed by atoms with Gasteiger partial charge in [0.15, 0.2) is 0 Å². The maximum Gasteiger partial charge on any atom is 0.306 e. The van der Waals surface area contributed by atoms with Crippen LogP contribution in [-0.2, 0) is 20.9 Å². The molecule has 0 spiro atoms. The summed E-state index contributed by atoms with van der Waals surface area (Å²) >= 11 is 1.61. The lowest BCUT2D eigenvalue weighted by atomic mass is 9.84. The van der Waals surface area contributed by atoms with E-state index in [0.29, 0.717) is 31.4 Å². The minimum atomic E-state index is -0.579. The van der Waals surface area contributed by atoms with Crippen LogP contribution >= 0.6 is 11.3 Å². The highest BCUT2D eigenvalue weighted by Crippen LogP contribution is 2.41. The van der Waals surface area contributed by atoms with Crippen LogP contribution in [0.3, 0.4) is 0 Å². The molecule has 0 radical (unpaired) electrons. The molecule has 0 bridgehead atoms. The maximum atomic E-state index is 13.1. The number of hydrogen-bond acceptors (Lipinski definition) is 9. The highest BCUT2D eigenvalue weighted by molar-refractivity contribution is 7.19. The van der Waals surface area contributed by atoms with Gasteiger partial charge in [0.25, 0.3) is 0 Å². The second-order valence-corrected chi connectivity index (χ2v) is 15.2. The van der Waals surface area contributed by atoms with Crippen LogP contribution in [0.15, 0.2) is 91.3 Å². The Morgan fingerprint density at radius 3 is 2.44 bits per heavy atom. The lowest BCUT2D eigenvalue weighted by Gasteiger charge is -2.24. The number of rotatable bonds is 17. The maximum absolute atomic E-state index is 13.1. The van der Waals surface area contributed by atoms with E-state index in [2.05, 4.69) is 22.4 Å². The number of anilines is 1. The van der Waals surface area contributed by atoms with E-state index in [-0.39, 0.29) is 36.9 Å². The molecule has 1 fully saturated rings. The number of nitrogens with two attached hydrogens (primary N) is 1. The van der Waals surface area contributed by atoms with Crippen molar-refractivity contribution in [1.29, 1.82) is 0 Å². The van der Waals surface area contributed by atoms with Crippen molar-refractivity contribution in [1.82, 2.24) is 4.98 Å². The Bertz CT molecular complexity index is 1900. The number of ether oxygens (including phenoxy) is 1. The number of fused-ring (bicyclic) bond motifs is 2. The number of benzene rings is 3.